The highest BCUT2D eigenvalue weighted by Gasteiger charge is 2.06. The number of hydrogen-bond acceptors (Lipinski definition) is 2. The fourth-order valence-electron chi connectivity index (χ4n) is 0.680. The quantitative estimate of drug-likeness (QED) is 0.653. The number of rotatable bonds is 6. The molecule has 0 fully saturated rings. The van der Waals surface area contributed by atoms with Gasteiger partial charge in [0.25, 0.3) is 6.43 Å². The van der Waals surface area contributed by atoms with Crippen LogP contribution in [0.5, 0.6) is 0 Å². The first-order valence-electron chi connectivity index (χ1n) is 3.79. The SMILES string of the molecule is O=C(O)CCCC(=O)NCC(F)F. The number of carbonyl (C=O) groups is 2. The zero-order valence-electron chi connectivity index (χ0n) is 6.93. The number of hydrogen-bond donors (Lipinski definition) is 2. The highest BCUT2D eigenvalue weighted by atomic mass is 19.3. The lowest BCUT2D eigenvalue weighted by Crippen LogP contribution is -2.28. The van der Waals surface area contributed by atoms with Gasteiger partial charge < -0.3 is 10.4 Å². The lowest BCUT2D eigenvalue weighted by Gasteiger charge is -2.02. The van der Waals surface area contributed by atoms with Crippen molar-refractivity contribution in [1.82, 2.24) is 5.32 Å². The van der Waals surface area contributed by atoms with Crippen molar-refractivity contribution in [3.63, 3.8) is 0 Å². The first-order valence-corrected chi connectivity index (χ1v) is 3.79. The molecular formula is C7H11F2NO3. The molecule has 2 N–H and O–H groups in total. The van der Waals surface area contributed by atoms with Gasteiger partial charge in [-0.05, 0) is 6.42 Å². The van der Waals surface area contributed by atoms with E-state index in [0.717, 1.165) is 0 Å². The molecule has 4 nitrogen and oxygen atoms in total. The Bertz CT molecular complexity index is 185. The summed E-state index contributed by atoms with van der Waals surface area (Å²) in [5.74, 6) is -1.54. The molecule has 1 amide bonds. The Hall–Kier alpha value is -1.20. The van der Waals surface area contributed by atoms with Crippen molar-refractivity contribution in [2.24, 2.45) is 0 Å². The third-order valence-electron chi connectivity index (χ3n) is 1.25. The smallest absolute Gasteiger partial charge is 0.303 e. The van der Waals surface area contributed by atoms with E-state index in [9.17, 15) is 18.4 Å². The van der Waals surface area contributed by atoms with E-state index in [1.54, 1.807) is 0 Å². The fraction of sp³-hybridized carbons (Fsp3) is 0.714. The summed E-state index contributed by atoms with van der Waals surface area (Å²) in [5, 5.41) is 10.2. The molecule has 0 saturated heterocycles. The number of halogens is 2. The lowest BCUT2D eigenvalue weighted by atomic mass is 10.2. The van der Waals surface area contributed by atoms with Crippen LogP contribution in [-0.4, -0.2) is 30.0 Å². The van der Waals surface area contributed by atoms with E-state index < -0.39 is 24.8 Å². The van der Waals surface area contributed by atoms with Gasteiger partial charge in [0.15, 0.2) is 0 Å². The van der Waals surface area contributed by atoms with E-state index in [4.69, 9.17) is 5.11 Å². The normalized spacial score (nSPS) is 10.1. The number of carboxylic acids is 1. The Morgan fingerprint density at radius 2 is 1.92 bits per heavy atom. The zero-order valence-corrected chi connectivity index (χ0v) is 6.93. The maximum atomic E-state index is 11.5. The molecule has 0 aromatic carbocycles. The van der Waals surface area contributed by atoms with Crippen LogP contribution in [0.25, 0.3) is 0 Å². The molecule has 0 aromatic heterocycles. The molecule has 0 aromatic rings. The fourth-order valence-corrected chi connectivity index (χ4v) is 0.680. The molecule has 0 aliphatic rings. The topological polar surface area (TPSA) is 66.4 Å². The second kappa shape index (κ2) is 6.33. The number of carboxylic acid groups (broad SMARTS) is 1. The Balaban J connectivity index is 3.35. The monoisotopic (exact) mass is 195 g/mol. The van der Waals surface area contributed by atoms with Crippen LogP contribution in [0.2, 0.25) is 0 Å². The van der Waals surface area contributed by atoms with Crippen molar-refractivity contribution in [3.8, 4) is 0 Å². The number of nitrogens with one attached hydrogen (secondary N) is 1. The molecule has 13 heavy (non-hydrogen) atoms. The van der Waals surface area contributed by atoms with Crippen LogP contribution in [0, 0.1) is 0 Å². The summed E-state index contributed by atoms with van der Waals surface area (Å²) in [6.07, 6.45) is -2.55. The second-order valence-corrected chi connectivity index (χ2v) is 2.44. The first-order chi connectivity index (χ1) is 6.02. The van der Waals surface area contributed by atoms with Gasteiger partial charge in [0, 0.05) is 12.8 Å². The zero-order chi connectivity index (χ0) is 10.3. The Morgan fingerprint density at radius 3 is 2.38 bits per heavy atom. The molecule has 0 spiro atoms. The second-order valence-electron chi connectivity index (χ2n) is 2.44. The summed E-state index contributed by atoms with van der Waals surface area (Å²) < 4.78 is 23.1. The van der Waals surface area contributed by atoms with Crippen LogP contribution in [0.1, 0.15) is 19.3 Å². The predicted molar refractivity (Wildman–Crippen MR) is 40.5 cm³/mol. The van der Waals surface area contributed by atoms with Crippen molar-refractivity contribution in [2.45, 2.75) is 25.7 Å². The molecule has 0 atom stereocenters. The lowest BCUT2D eigenvalue weighted by molar-refractivity contribution is -0.137. The van der Waals surface area contributed by atoms with Crippen LogP contribution < -0.4 is 5.32 Å². The molecule has 0 aliphatic carbocycles. The molecule has 0 aliphatic heterocycles. The number of carbonyl (C=O) groups excluding carboxylic acids is 1. The molecule has 0 rings (SSSR count). The largest absolute Gasteiger partial charge is 0.481 e. The molecule has 0 saturated carbocycles. The highest BCUT2D eigenvalue weighted by Crippen LogP contribution is 1.95. The molecule has 0 radical (unpaired) electrons. The molecule has 0 bridgehead atoms. The van der Waals surface area contributed by atoms with Gasteiger partial charge in [-0.2, -0.15) is 0 Å². The van der Waals surface area contributed by atoms with Gasteiger partial charge in [-0.1, -0.05) is 0 Å². The summed E-state index contributed by atoms with van der Waals surface area (Å²) in [6.45, 7) is -0.675. The Morgan fingerprint density at radius 1 is 1.31 bits per heavy atom. The van der Waals surface area contributed by atoms with E-state index >= 15 is 0 Å². The van der Waals surface area contributed by atoms with Crippen molar-refractivity contribution in [3.05, 3.63) is 0 Å². The predicted octanol–water partition coefficient (Wildman–Crippen LogP) is 0.623. The van der Waals surface area contributed by atoms with E-state index in [1.807, 2.05) is 5.32 Å². The van der Waals surface area contributed by atoms with Crippen LogP contribution in [0.4, 0.5) is 8.78 Å². The highest BCUT2D eigenvalue weighted by molar-refractivity contribution is 5.76. The van der Waals surface area contributed by atoms with E-state index in [0.29, 0.717) is 0 Å². The molecular weight excluding hydrogens is 184 g/mol. The average molecular weight is 195 g/mol. The van der Waals surface area contributed by atoms with Crippen molar-refractivity contribution < 1.29 is 23.5 Å². The number of alkyl halides is 2. The summed E-state index contributed by atoms with van der Waals surface area (Å²) in [4.78, 5) is 20.7. The maximum absolute atomic E-state index is 11.5. The summed E-state index contributed by atoms with van der Waals surface area (Å²) in [6, 6.07) is 0. The van der Waals surface area contributed by atoms with Crippen molar-refractivity contribution in [2.75, 3.05) is 6.54 Å². The molecule has 6 heteroatoms. The van der Waals surface area contributed by atoms with Gasteiger partial charge >= 0.3 is 5.97 Å². The third kappa shape index (κ3) is 8.71. The van der Waals surface area contributed by atoms with Gasteiger partial charge in [-0.25, -0.2) is 8.78 Å². The first kappa shape index (κ1) is 11.8. The molecule has 0 unspecified atom stereocenters. The van der Waals surface area contributed by atoms with Crippen LogP contribution in [0.3, 0.4) is 0 Å². The van der Waals surface area contributed by atoms with Gasteiger partial charge in [-0.15, -0.1) is 0 Å². The number of amides is 1. The standard InChI is InChI=1S/C7H11F2NO3/c8-5(9)4-10-6(11)2-1-3-7(12)13/h5H,1-4H2,(H,10,11)(H,12,13). The Kier molecular flexibility index (Phi) is 5.75. The van der Waals surface area contributed by atoms with Gasteiger partial charge in [-0.3, -0.25) is 9.59 Å². The van der Waals surface area contributed by atoms with Gasteiger partial charge in [0.05, 0.1) is 6.54 Å². The van der Waals surface area contributed by atoms with Crippen LogP contribution in [-0.2, 0) is 9.59 Å². The maximum Gasteiger partial charge on any atom is 0.303 e. The Labute approximate surface area is 73.9 Å². The van der Waals surface area contributed by atoms with Crippen LogP contribution in [0.15, 0.2) is 0 Å². The van der Waals surface area contributed by atoms with E-state index in [-0.39, 0.29) is 19.3 Å². The molecule has 0 heterocycles. The van der Waals surface area contributed by atoms with Crippen molar-refractivity contribution in [1.29, 1.82) is 0 Å². The number of aliphatic carboxylic acids is 1. The third-order valence-corrected chi connectivity index (χ3v) is 1.25. The van der Waals surface area contributed by atoms with Crippen molar-refractivity contribution >= 4 is 11.9 Å². The summed E-state index contributed by atoms with van der Waals surface area (Å²) in [5.41, 5.74) is 0. The minimum atomic E-state index is -2.57. The summed E-state index contributed by atoms with van der Waals surface area (Å²) >= 11 is 0. The average Bonchev–Trinajstić information content (AvgIpc) is 2.00. The van der Waals surface area contributed by atoms with E-state index in [2.05, 4.69) is 0 Å². The van der Waals surface area contributed by atoms with Crippen LogP contribution >= 0.6 is 0 Å². The van der Waals surface area contributed by atoms with Gasteiger partial charge in [0.2, 0.25) is 5.91 Å². The van der Waals surface area contributed by atoms with E-state index in [1.165, 1.54) is 0 Å². The van der Waals surface area contributed by atoms with Gasteiger partial charge in [0.1, 0.15) is 0 Å². The summed E-state index contributed by atoms with van der Waals surface area (Å²) in [7, 11) is 0. The minimum Gasteiger partial charge on any atom is -0.481 e. The molecule has 76 valence electrons. The minimum absolute atomic E-state index is 0.0288.